The molecule has 25 heavy (non-hydrogen) atoms. The van der Waals surface area contributed by atoms with Crippen molar-refractivity contribution in [2.45, 2.75) is 6.54 Å². The van der Waals surface area contributed by atoms with Crippen molar-refractivity contribution in [3.05, 3.63) is 74.5 Å². The number of benzene rings is 1. The molecule has 0 bridgehead atoms. The molecule has 0 amide bonds. The van der Waals surface area contributed by atoms with Gasteiger partial charge in [-0.05, 0) is 45.8 Å². The Bertz CT molecular complexity index is 974. The van der Waals surface area contributed by atoms with Crippen LogP contribution in [0, 0.1) is 5.82 Å². The second-order valence-corrected chi connectivity index (χ2v) is 5.60. The molecule has 9 heteroatoms. The fraction of sp³-hybridized carbons (Fsp3) is 0.0625. The number of halogens is 2. The average Bonchev–Trinajstić information content (AvgIpc) is 2.59. The lowest BCUT2D eigenvalue weighted by atomic mass is 10.2. The molecule has 0 radical (unpaired) electrons. The molecule has 7 nitrogen and oxygen atoms in total. The monoisotopic (exact) mass is 409 g/mol. The topological polar surface area (TPSA) is 118 Å². The van der Waals surface area contributed by atoms with E-state index in [1.54, 1.807) is 24.3 Å². The van der Waals surface area contributed by atoms with Crippen LogP contribution < -0.4 is 11.3 Å². The minimum Gasteiger partial charge on any atom is -0.501 e. The maximum absolute atomic E-state index is 12.2. The summed E-state index contributed by atoms with van der Waals surface area (Å²) in [6, 6.07) is 10.8. The Hall–Kier alpha value is -2.78. The van der Waals surface area contributed by atoms with E-state index in [9.17, 15) is 19.1 Å². The predicted molar refractivity (Wildman–Crippen MR) is 92.1 cm³/mol. The van der Waals surface area contributed by atoms with Crippen LogP contribution >= 0.6 is 15.9 Å². The highest BCUT2D eigenvalue weighted by Gasteiger charge is 2.18. The Labute approximate surface area is 149 Å². The second kappa shape index (κ2) is 7.86. The SMILES string of the molecule is NCc1ccc(F)cc1.O=C(O)c1nc2cccc(Br)n2c(=O)c1O. The fourth-order valence-corrected chi connectivity index (χ4v) is 2.40. The molecule has 0 atom stereocenters. The molecule has 0 fully saturated rings. The number of nitrogens with zero attached hydrogens (tertiary/aromatic N) is 2. The van der Waals surface area contributed by atoms with Crippen LogP contribution in [0.1, 0.15) is 16.1 Å². The van der Waals surface area contributed by atoms with Crippen LogP contribution in [-0.2, 0) is 6.54 Å². The molecule has 0 saturated heterocycles. The van der Waals surface area contributed by atoms with E-state index in [1.165, 1.54) is 18.2 Å². The number of aromatic nitrogens is 2. The summed E-state index contributed by atoms with van der Waals surface area (Å²) in [5, 5.41) is 18.1. The van der Waals surface area contributed by atoms with E-state index >= 15 is 0 Å². The van der Waals surface area contributed by atoms with Gasteiger partial charge in [-0.15, -0.1) is 0 Å². The summed E-state index contributed by atoms with van der Waals surface area (Å²) < 4.78 is 13.6. The average molecular weight is 410 g/mol. The number of hydrogen-bond acceptors (Lipinski definition) is 5. The molecule has 130 valence electrons. The summed E-state index contributed by atoms with van der Waals surface area (Å²) >= 11 is 3.11. The quantitative estimate of drug-likeness (QED) is 0.558. The van der Waals surface area contributed by atoms with E-state index in [1.807, 2.05) is 0 Å². The molecule has 3 rings (SSSR count). The number of fused-ring (bicyclic) bond motifs is 1. The summed E-state index contributed by atoms with van der Waals surface area (Å²) in [4.78, 5) is 26.1. The number of carboxylic acids is 1. The van der Waals surface area contributed by atoms with Gasteiger partial charge >= 0.3 is 11.5 Å². The van der Waals surface area contributed by atoms with Crippen molar-refractivity contribution >= 4 is 27.5 Å². The Kier molecular flexibility index (Phi) is 5.84. The first-order valence-corrected chi connectivity index (χ1v) is 7.72. The third kappa shape index (κ3) is 4.20. The molecule has 4 N–H and O–H groups in total. The van der Waals surface area contributed by atoms with Crippen LogP contribution in [-0.4, -0.2) is 25.6 Å². The molecule has 3 aromatic rings. The molecule has 0 saturated carbocycles. The van der Waals surface area contributed by atoms with Gasteiger partial charge in [-0.25, -0.2) is 14.2 Å². The number of aromatic hydroxyl groups is 1. The van der Waals surface area contributed by atoms with Gasteiger partial charge in [0.2, 0.25) is 5.75 Å². The van der Waals surface area contributed by atoms with E-state index in [0.29, 0.717) is 11.1 Å². The minimum atomic E-state index is -1.45. The van der Waals surface area contributed by atoms with Gasteiger partial charge in [-0.3, -0.25) is 9.20 Å². The van der Waals surface area contributed by atoms with Gasteiger partial charge in [0.25, 0.3) is 0 Å². The van der Waals surface area contributed by atoms with Crippen molar-refractivity contribution in [3.8, 4) is 5.75 Å². The first-order valence-electron chi connectivity index (χ1n) is 6.93. The summed E-state index contributed by atoms with van der Waals surface area (Å²) in [6.45, 7) is 0.472. The lowest BCUT2D eigenvalue weighted by molar-refractivity contribution is 0.0686. The molecule has 0 aliphatic rings. The number of carboxylic acid groups (broad SMARTS) is 1. The standard InChI is InChI=1S/C9H5BrN2O4.C7H8FN/c10-4-2-1-3-5-11-6(9(15)16)7(13)8(14)12(4)5;8-7-3-1-6(5-9)2-4-7/h1-3,13H,(H,15,16);1-4H,5,9H2. The van der Waals surface area contributed by atoms with Crippen molar-refractivity contribution < 1.29 is 19.4 Å². The molecular formula is C16H13BrFN3O4. The molecule has 0 aliphatic carbocycles. The van der Waals surface area contributed by atoms with E-state index < -0.39 is 23.0 Å². The molecule has 0 spiro atoms. The van der Waals surface area contributed by atoms with E-state index in [-0.39, 0.29) is 11.5 Å². The number of aromatic carboxylic acids is 1. The van der Waals surface area contributed by atoms with Gasteiger partial charge in [0.1, 0.15) is 11.5 Å². The normalized spacial score (nSPS) is 10.2. The van der Waals surface area contributed by atoms with Gasteiger partial charge in [-0.1, -0.05) is 18.2 Å². The van der Waals surface area contributed by atoms with Gasteiger partial charge in [0.05, 0.1) is 4.60 Å². The number of nitrogens with two attached hydrogens (primary N) is 1. The third-order valence-corrected chi connectivity index (χ3v) is 3.75. The molecular weight excluding hydrogens is 397 g/mol. The Morgan fingerprint density at radius 2 is 1.88 bits per heavy atom. The first-order chi connectivity index (χ1) is 11.8. The second-order valence-electron chi connectivity index (χ2n) is 4.79. The summed E-state index contributed by atoms with van der Waals surface area (Å²) in [7, 11) is 0. The zero-order valence-electron chi connectivity index (χ0n) is 12.7. The maximum atomic E-state index is 12.2. The molecule has 0 unspecified atom stereocenters. The molecule has 2 heterocycles. The van der Waals surface area contributed by atoms with Gasteiger partial charge in [-0.2, -0.15) is 0 Å². The zero-order chi connectivity index (χ0) is 18.6. The van der Waals surface area contributed by atoms with Crippen LogP contribution in [0.4, 0.5) is 4.39 Å². The lowest BCUT2D eigenvalue weighted by Crippen LogP contribution is -2.19. The number of rotatable bonds is 2. The van der Waals surface area contributed by atoms with Gasteiger partial charge in [0.15, 0.2) is 5.69 Å². The molecule has 2 aromatic heterocycles. The Balaban J connectivity index is 0.000000212. The smallest absolute Gasteiger partial charge is 0.358 e. The number of carbonyl (C=O) groups is 1. The minimum absolute atomic E-state index is 0.148. The highest BCUT2D eigenvalue weighted by molar-refractivity contribution is 9.10. The maximum Gasteiger partial charge on any atom is 0.358 e. The van der Waals surface area contributed by atoms with Crippen molar-refractivity contribution in [1.82, 2.24) is 9.38 Å². The predicted octanol–water partition coefficient (Wildman–Crippen LogP) is 2.15. The first kappa shape index (κ1) is 18.6. The van der Waals surface area contributed by atoms with Crippen LogP contribution in [0.5, 0.6) is 5.75 Å². The molecule has 0 aliphatic heterocycles. The summed E-state index contributed by atoms with van der Waals surface area (Å²) in [5.74, 6) is -2.54. The van der Waals surface area contributed by atoms with Crippen molar-refractivity contribution in [1.29, 1.82) is 0 Å². The third-order valence-electron chi connectivity index (χ3n) is 3.13. The summed E-state index contributed by atoms with van der Waals surface area (Å²) in [5.41, 5.74) is 4.91. The highest BCUT2D eigenvalue weighted by atomic mass is 79.9. The van der Waals surface area contributed by atoms with Crippen LogP contribution in [0.3, 0.4) is 0 Å². The van der Waals surface area contributed by atoms with Crippen molar-refractivity contribution in [2.75, 3.05) is 0 Å². The van der Waals surface area contributed by atoms with Crippen LogP contribution in [0.15, 0.2) is 51.9 Å². The van der Waals surface area contributed by atoms with E-state index in [0.717, 1.165) is 9.96 Å². The zero-order valence-corrected chi connectivity index (χ0v) is 14.3. The van der Waals surface area contributed by atoms with E-state index in [4.69, 9.17) is 10.8 Å². The van der Waals surface area contributed by atoms with E-state index in [2.05, 4.69) is 20.9 Å². The van der Waals surface area contributed by atoms with Crippen LogP contribution in [0.2, 0.25) is 0 Å². The molecule has 1 aromatic carbocycles. The lowest BCUT2D eigenvalue weighted by Gasteiger charge is -2.04. The van der Waals surface area contributed by atoms with Gasteiger partial charge < -0.3 is 15.9 Å². The van der Waals surface area contributed by atoms with Crippen LogP contribution in [0.25, 0.3) is 5.65 Å². The summed E-state index contributed by atoms with van der Waals surface area (Å²) in [6.07, 6.45) is 0. The Morgan fingerprint density at radius 3 is 2.44 bits per heavy atom. The fourth-order valence-electron chi connectivity index (χ4n) is 1.90. The van der Waals surface area contributed by atoms with Gasteiger partial charge in [0, 0.05) is 6.54 Å². The van der Waals surface area contributed by atoms with Crippen molar-refractivity contribution in [2.24, 2.45) is 5.73 Å². The number of pyridine rings is 1. The number of hydrogen-bond donors (Lipinski definition) is 3. The van der Waals surface area contributed by atoms with Crippen molar-refractivity contribution in [3.63, 3.8) is 0 Å². The Morgan fingerprint density at radius 1 is 1.24 bits per heavy atom. The highest BCUT2D eigenvalue weighted by Crippen LogP contribution is 2.15. The largest absolute Gasteiger partial charge is 0.501 e.